The van der Waals surface area contributed by atoms with Crippen LogP contribution in [-0.4, -0.2) is 51.5 Å². The van der Waals surface area contributed by atoms with Crippen molar-refractivity contribution < 1.29 is 60.3 Å². The van der Waals surface area contributed by atoms with Gasteiger partial charge < -0.3 is 28.8 Å². The third-order valence-electron chi connectivity index (χ3n) is 5.63. The number of aromatic carboxylic acids is 1. The topological polar surface area (TPSA) is 126 Å². The van der Waals surface area contributed by atoms with E-state index in [1.165, 1.54) is 30.5 Å². The van der Waals surface area contributed by atoms with E-state index in [1.54, 1.807) is 20.8 Å². The van der Waals surface area contributed by atoms with Gasteiger partial charge >= 0.3 is 18.1 Å². The lowest BCUT2D eigenvalue weighted by Gasteiger charge is -2.20. The minimum atomic E-state index is -4.54. The van der Waals surface area contributed by atoms with Crippen LogP contribution in [0.2, 0.25) is 10.0 Å². The van der Waals surface area contributed by atoms with Crippen molar-refractivity contribution in [2.45, 2.75) is 52.5 Å². The van der Waals surface area contributed by atoms with Crippen LogP contribution in [0.1, 0.15) is 55.3 Å². The third kappa shape index (κ3) is 13.2. The number of pyridine rings is 2. The molecular weight excluding hydrogens is 972 g/mol. The molecule has 0 aliphatic heterocycles. The normalized spacial score (nSPS) is 11.4. The van der Waals surface area contributed by atoms with Crippen LogP contribution in [0.15, 0.2) is 48.8 Å². The lowest BCUT2D eigenvalue weighted by atomic mass is 10.1. The zero-order chi connectivity index (χ0) is 39.1. The summed E-state index contributed by atoms with van der Waals surface area (Å²) in [7, 11) is 0. The Morgan fingerprint density at radius 1 is 0.808 bits per heavy atom. The maximum atomic E-state index is 14.4. The fourth-order valence-corrected chi connectivity index (χ4v) is 5.18. The Bertz CT molecular complexity index is 1950. The molecule has 0 spiro atoms. The molecule has 19 heteroatoms. The minimum Gasteiger partial charge on any atom is -0.478 e. The number of carbonyl (C=O) groups is 2. The fourth-order valence-electron chi connectivity index (χ4n) is 3.61. The van der Waals surface area contributed by atoms with E-state index >= 15 is 0 Å². The van der Waals surface area contributed by atoms with E-state index in [-0.39, 0.29) is 50.6 Å². The molecule has 0 aliphatic rings. The molecular formula is C33H27Cl2F5I2N2O8. The first kappa shape index (κ1) is 43.0. The van der Waals surface area contributed by atoms with Gasteiger partial charge in [0.25, 0.3) is 0 Å². The second-order valence-corrected chi connectivity index (χ2v) is 14.7. The zero-order valence-electron chi connectivity index (χ0n) is 27.5. The Labute approximate surface area is 331 Å². The van der Waals surface area contributed by atoms with Gasteiger partial charge in [-0.2, -0.15) is 13.2 Å². The van der Waals surface area contributed by atoms with Crippen molar-refractivity contribution in [1.82, 2.24) is 9.97 Å². The van der Waals surface area contributed by atoms with Crippen LogP contribution in [0.4, 0.5) is 22.0 Å². The Hall–Kier alpha value is -3.43. The van der Waals surface area contributed by atoms with Crippen molar-refractivity contribution in [3.8, 4) is 34.8 Å². The number of hydrogen-bond donors (Lipinski definition) is 1. The summed E-state index contributed by atoms with van der Waals surface area (Å²) in [6.45, 7) is 7.11. The van der Waals surface area contributed by atoms with Gasteiger partial charge in [-0.1, -0.05) is 23.2 Å². The standard InChI is InChI=1S/C18H15ClF4INO4.C15H12ClFINO4/c1-17(2,3)29-16(26)10-5-13(24)14(6-12(10)20)28-9-4-11(19)15(25-7-9)27-8-18(21,22)23;1-7(2)22-14-10(16)3-8(6-19-14)23-13-5-11(17)9(15(20)21)4-12(13)18/h4-7H,8H2,1-3H3;3-7H,1-2H3,(H,20,21). The van der Waals surface area contributed by atoms with Gasteiger partial charge in [0.05, 0.1) is 36.8 Å². The highest BCUT2D eigenvalue weighted by Crippen LogP contribution is 2.35. The summed E-state index contributed by atoms with van der Waals surface area (Å²) in [6.07, 6.45) is -2.15. The van der Waals surface area contributed by atoms with E-state index < -0.39 is 53.4 Å². The van der Waals surface area contributed by atoms with Gasteiger partial charge in [-0.05, 0) is 91.9 Å². The highest BCUT2D eigenvalue weighted by atomic mass is 127. The van der Waals surface area contributed by atoms with E-state index in [9.17, 15) is 31.5 Å². The second-order valence-electron chi connectivity index (χ2n) is 11.5. The number of carboxylic acid groups (broad SMARTS) is 1. The molecule has 1 N–H and O–H groups in total. The number of ether oxygens (including phenoxy) is 5. The molecule has 2 heterocycles. The van der Waals surface area contributed by atoms with Crippen LogP contribution < -0.4 is 18.9 Å². The summed E-state index contributed by atoms with van der Waals surface area (Å²) < 4.78 is 91.6. The van der Waals surface area contributed by atoms with E-state index in [0.717, 1.165) is 18.3 Å². The van der Waals surface area contributed by atoms with Crippen LogP contribution in [-0.2, 0) is 4.74 Å². The molecule has 4 rings (SSSR count). The molecule has 10 nitrogen and oxygen atoms in total. The van der Waals surface area contributed by atoms with E-state index in [0.29, 0.717) is 7.14 Å². The van der Waals surface area contributed by atoms with E-state index in [4.69, 9.17) is 47.3 Å². The molecule has 0 aliphatic carbocycles. The van der Waals surface area contributed by atoms with Crippen LogP contribution in [0.3, 0.4) is 0 Å². The molecule has 0 amide bonds. The minimum absolute atomic E-state index is 0.0386. The molecule has 2 aromatic heterocycles. The van der Waals surface area contributed by atoms with Gasteiger partial charge in [-0.15, -0.1) is 0 Å². The van der Waals surface area contributed by atoms with Crippen molar-refractivity contribution in [3.63, 3.8) is 0 Å². The molecule has 4 aromatic rings. The molecule has 52 heavy (non-hydrogen) atoms. The number of carbonyl (C=O) groups excluding carboxylic acids is 1. The quantitative estimate of drug-likeness (QED) is 0.0932. The molecule has 0 unspecified atom stereocenters. The molecule has 0 bridgehead atoms. The summed E-state index contributed by atoms with van der Waals surface area (Å²) in [6, 6.07) is 7.12. The average Bonchev–Trinajstić information content (AvgIpc) is 3.00. The van der Waals surface area contributed by atoms with Crippen molar-refractivity contribution in [3.05, 3.63) is 88.7 Å². The number of aromatic nitrogens is 2. The molecule has 0 saturated carbocycles. The van der Waals surface area contributed by atoms with E-state index in [1.807, 2.05) is 59.0 Å². The monoisotopic (exact) mass is 998 g/mol. The molecule has 0 fully saturated rings. The Morgan fingerprint density at radius 3 is 1.69 bits per heavy atom. The van der Waals surface area contributed by atoms with Gasteiger partial charge in [-0.3, -0.25) is 0 Å². The largest absolute Gasteiger partial charge is 0.478 e. The highest BCUT2D eigenvalue weighted by Gasteiger charge is 2.29. The van der Waals surface area contributed by atoms with E-state index in [2.05, 4.69) is 14.7 Å². The smallest absolute Gasteiger partial charge is 0.422 e. The average molecular weight is 999 g/mol. The first-order valence-corrected chi connectivity index (χ1v) is 17.4. The van der Waals surface area contributed by atoms with Crippen molar-refractivity contribution in [2.75, 3.05) is 6.61 Å². The first-order chi connectivity index (χ1) is 24.0. The SMILES string of the molecule is CC(C)(C)OC(=O)c1cc(I)c(Oc2cnc(OCC(F)(F)F)c(Cl)c2)cc1F.CC(C)Oc1ncc(Oc2cc(F)c(C(=O)O)cc2I)cc1Cl. The lowest BCUT2D eigenvalue weighted by molar-refractivity contribution is -0.154. The Balaban J connectivity index is 0.000000288. The van der Waals surface area contributed by atoms with Gasteiger partial charge in [0, 0.05) is 24.3 Å². The fraction of sp³-hybridized carbons (Fsp3) is 0.273. The van der Waals surface area contributed by atoms with Crippen molar-refractivity contribution in [1.29, 1.82) is 0 Å². The summed E-state index contributed by atoms with van der Waals surface area (Å²) in [5.41, 5.74) is -1.47. The number of esters is 1. The number of carboxylic acids is 1. The molecule has 2 aromatic carbocycles. The molecule has 0 atom stereocenters. The predicted octanol–water partition coefficient (Wildman–Crippen LogP) is 10.9. The number of hydrogen-bond acceptors (Lipinski definition) is 9. The van der Waals surface area contributed by atoms with Gasteiger partial charge in [-0.25, -0.2) is 28.3 Å². The molecule has 0 radical (unpaired) electrons. The summed E-state index contributed by atoms with van der Waals surface area (Å²) >= 11 is 15.6. The van der Waals surface area contributed by atoms with Gasteiger partial charge in [0.2, 0.25) is 11.8 Å². The number of benzene rings is 2. The number of nitrogens with zero attached hydrogens (tertiary/aromatic N) is 2. The summed E-state index contributed by atoms with van der Waals surface area (Å²) in [5.74, 6) is -3.51. The maximum Gasteiger partial charge on any atom is 0.422 e. The van der Waals surface area contributed by atoms with Gasteiger partial charge in [0.1, 0.15) is 50.3 Å². The summed E-state index contributed by atoms with van der Waals surface area (Å²) in [4.78, 5) is 30.7. The Kier molecular flexibility index (Phi) is 14.9. The molecule has 0 saturated heterocycles. The number of alkyl halides is 3. The highest BCUT2D eigenvalue weighted by molar-refractivity contribution is 14.1. The Morgan fingerprint density at radius 2 is 1.27 bits per heavy atom. The summed E-state index contributed by atoms with van der Waals surface area (Å²) in [5, 5.41) is 8.93. The number of halogens is 9. The van der Waals surface area contributed by atoms with Crippen LogP contribution >= 0.6 is 68.4 Å². The first-order valence-electron chi connectivity index (χ1n) is 14.5. The van der Waals surface area contributed by atoms with Crippen molar-refractivity contribution in [2.24, 2.45) is 0 Å². The second kappa shape index (κ2) is 18.1. The van der Waals surface area contributed by atoms with Crippen LogP contribution in [0.25, 0.3) is 0 Å². The maximum absolute atomic E-state index is 14.4. The number of rotatable bonds is 10. The van der Waals surface area contributed by atoms with Crippen molar-refractivity contribution >= 4 is 80.3 Å². The zero-order valence-corrected chi connectivity index (χ0v) is 33.3. The lowest BCUT2D eigenvalue weighted by Crippen LogP contribution is -2.24. The third-order valence-corrected chi connectivity index (χ3v) is 7.86. The molecule has 280 valence electrons. The van der Waals surface area contributed by atoms with Crippen LogP contribution in [0, 0.1) is 18.8 Å². The van der Waals surface area contributed by atoms with Crippen LogP contribution in [0.5, 0.6) is 34.8 Å². The predicted molar refractivity (Wildman–Crippen MR) is 196 cm³/mol. The van der Waals surface area contributed by atoms with Gasteiger partial charge in [0.15, 0.2) is 6.61 Å².